The van der Waals surface area contributed by atoms with Crippen LogP contribution >= 0.6 is 0 Å². The lowest BCUT2D eigenvalue weighted by molar-refractivity contribution is -0.138. The van der Waals surface area contributed by atoms with Gasteiger partial charge in [0, 0.05) is 19.9 Å². The van der Waals surface area contributed by atoms with Crippen molar-refractivity contribution in [3.05, 3.63) is 0 Å². The van der Waals surface area contributed by atoms with Crippen molar-refractivity contribution in [1.29, 1.82) is 0 Å². The van der Waals surface area contributed by atoms with E-state index in [9.17, 15) is 13.6 Å². The Bertz CT molecular complexity index is 187. The van der Waals surface area contributed by atoms with Gasteiger partial charge < -0.3 is 9.64 Å². The third-order valence-corrected chi connectivity index (χ3v) is 2.08. The summed E-state index contributed by atoms with van der Waals surface area (Å²) in [7, 11) is 0. The lowest BCUT2D eigenvalue weighted by Gasteiger charge is -2.34. The molecule has 76 valence electrons. The van der Waals surface area contributed by atoms with Gasteiger partial charge in [-0.2, -0.15) is 0 Å². The summed E-state index contributed by atoms with van der Waals surface area (Å²) < 4.78 is 29.2. The Balaban J connectivity index is 2.51. The Morgan fingerprint density at radius 2 is 2.38 bits per heavy atom. The highest BCUT2D eigenvalue weighted by Gasteiger charge is 2.27. The number of rotatable bonds is 2. The molecule has 3 nitrogen and oxygen atoms in total. The minimum absolute atomic E-state index is 0.158. The molecule has 1 unspecified atom stereocenters. The van der Waals surface area contributed by atoms with E-state index in [-0.39, 0.29) is 18.9 Å². The van der Waals surface area contributed by atoms with E-state index in [0.717, 1.165) is 0 Å². The first-order chi connectivity index (χ1) is 6.11. The summed E-state index contributed by atoms with van der Waals surface area (Å²) in [4.78, 5) is 12.5. The average Bonchev–Trinajstić information content (AvgIpc) is 2.03. The van der Waals surface area contributed by atoms with E-state index in [4.69, 9.17) is 4.74 Å². The van der Waals surface area contributed by atoms with Gasteiger partial charge in [-0.25, -0.2) is 8.78 Å². The lowest BCUT2D eigenvalue weighted by atomic mass is 10.1. The fraction of sp³-hybridized carbons (Fsp3) is 0.875. The molecular formula is C8H13F2NO2. The van der Waals surface area contributed by atoms with Crippen molar-refractivity contribution < 1.29 is 18.3 Å². The van der Waals surface area contributed by atoms with Gasteiger partial charge in [-0.3, -0.25) is 4.79 Å². The molecule has 0 aromatic rings. The average molecular weight is 193 g/mol. The van der Waals surface area contributed by atoms with E-state index in [1.807, 2.05) is 0 Å². The van der Waals surface area contributed by atoms with Gasteiger partial charge in [0.15, 0.2) is 0 Å². The second kappa shape index (κ2) is 4.50. The fourth-order valence-corrected chi connectivity index (χ4v) is 1.47. The highest BCUT2D eigenvalue weighted by atomic mass is 19.3. The number of alkyl halides is 2. The first kappa shape index (κ1) is 10.4. The first-order valence-corrected chi connectivity index (χ1v) is 4.24. The predicted molar refractivity (Wildman–Crippen MR) is 42.6 cm³/mol. The van der Waals surface area contributed by atoms with Crippen molar-refractivity contribution in [2.45, 2.75) is 25.8 Å². The lowest BCUT2D eigenvalue weighted by Crippen LogP contribution is -2.48. The zero-order valence-corrected chi connectivity index (χ0v) is 7.50. The summed E-state index contributed by atoms with van der Waals surface area (Å²) in [6, 6.07) is -0.453. The minimum Gasteiger partial charge on any atom is -0.377 e. The molecule has 1 saturated heterocycles. The maximum atomic E-state index is 12.1. The minimum atomic E-state index is -2.38. The van der Waals surface area contributed by atoms with E-state index in [2.05, 4.69) is 0 Å². The maximum absolute atomic E-state index is 12.1. The molecule has 13 heavy (non-hydrogen) atoms. The smallest absolute Gasteiger partial charge is 0.240 e. The largest absolute Gasteiger partial charge is 0.377 e. The summed E-state index contributed by atoms with van der Waals surface area (Å²) in [5, 5.41) is 0. The van der Waals surface area contributed by atoms with Crippen molar-refractivity contribution in [3.63, 3.8) is 0 Å². The molecule has 0 saturated carbocycles. The maximum Gasteiger partial charge on any atom is 0.240 e. The van der Waals surface area contributed by atoms with Gasteiger partial charge in [0.05, 0.1) is 19.3 Å². The van der Waals surface area contributed by atoms with Gasteiger partial charge >= 0.3 is 0 Å². The SMILES string of the molecule is CC(=O)N1CCOCC1CC(F)F. The Labute approximate surface area is 75.7 Å². The fourth-order valence-electron chi connectivity index (χ4n) is 1.47. The number of amides is 1. The van der Waals surface area contributed by atoms with E-state index in [1.54, 1.807) is 0 Å². The van der Waals surface area contributed by atoms with Gasteiger partial charge in [0.25, 0.3) is 0 Å². The quantitative estimate of drug-likeness (QED) is 0.651. The molecule has 1 atom stereocenters. The predicted octanol–water partition coefficient (Wildman–Crippen LogP) is 0.889. The molecular weight excluding hydrogens is 180 g/mol. The van der Waals surface area contributed by atoms with Crippen LogP contribution in [0.5, 0.6) is 0 Å². The molecule has 0 aromatic carbocycles. The molecule has 0 bridgehead atoms. The van der Waals surface area contributed by atoms with Gasteiger partial charge in [-0.1, -0.05) is 0 Å². The van der Waals surface area contributed by atoms with Crippen LogP contribution in [0.4, 0.5) is 8.78 Å². The Morgan fingerprint density at radius 3 is 2.92 bits per heavy atom. The van der Waals surface area contributed by atoms with E-state index >= 15 is 0 Å². The number of nitrogens with zero attached hydrogens (tertiary/aromatic N) is 1. The number of carbonyl (C=O) groups is 1. The standard InChI is InChI=1S/C8H13F2NO2/c1-6(12)11-2-3-13-5-7(11)4-8(9)10/h7-8H,2-5H2,1H3. The molecule has 0 N–H and O–H groups in total. The van der Waals surface area contributed by atoms with Crippen molar-refractivity contribution in [2.24, 2.45) is 0 Å². The van der Waals surface area contributed by atoms with Crippen molar-refractivity contribution in [3.8, 4) is 0 Å². The normalized spacial score (nSPS) is 23.7. The molecule has 1 amide bonds. The van der Waals surface area contributed by atoms with Crippen LogP contribution in [-0.2, 0) is 9.53 Å². The van der Waals surface area contributed by atoms with Crippen LogP contribution in [0, 0.1) is 0 Å². The van der Waals surface area contributed by atoms with Crippen LogP contribution in [0.1, 0.15) is 13.3 Å². The van der Waals surface area contributed by atoms with E-state index < -0.39 is 12.5 Å². The summed E-state index contributed by atoms with van der Waals surface area (Å²) in [6.07, 6.45) is -2.67. The number of hydrogen-bond acceptors (Lipinski definition) is 2. The van der Waals surface area contributed by atoms with Gasteiger partial charge in [-0.05, 0) is 0 Å². The number of carbonyl (C=O) groups excluding carboxylic acids is 1. The summed E-state index contributed by atoms with van der Waals surface area (Å²) in [5.74, 6) is -0.158. The van der Waals surface area contributed by atoms with Crippen LogP contribution in [0.3, 0.4) is 0 Å². The molecule has 5 heteroatoms. The molecule has 1 heterocycles. The third-order valence-electron chi connectivity index (χ3n) is 2.08. The third kappa shape index (κ3) is 2.91. The van der Waals surface area contributed by atoms with Crippen molar-refractivity contribution in [1.82, 2.24) is 4.90 Å². The zero-order valence-electron chi connectivity index (χ0n) is 7.50. The molecule has 1 aliphatic heterocycles. The molecule has 0 aromatic heterocycles. The van der Waals surface area contributed by atoms with Crippen LogP contribution in [0.15, 0.2) is 0 Å². The molecule has 1 rings (SSSR count). The van der Waals surface area contributed by atoms with Gasteiger partial charge in [0.2, 0.25) is 12.3 Å². The van der Waals surface area contributed by atoms with E-state index in [0.29, 0.717) is 13.2 Å². The second-order valence-electron chi connectivity index (χ2n) is 3.07. The van der Waals surface area contributed by atoms with Crippen LogP contribution in [0.25, 0.3) is 0 Å². The highest BCUT2D eigenvalue weighted by molar-refractivity contribution is 5.73. The van der Waals surface area contributed by atoms with E-state index in [1.165, 1.54) is 11.8 Å². The molecule has 1 fully saturated rings. The Morgan fingerprint density at radius 1 is 1.69 bits per heavy atom. The molecule has 0 aliphatic carbocycles. The van der Waals surface area contributed by atoms with Gasteiger partial charge in [-0.15, -0.1) is 0 Å². The summed E-state index contributed by atoms with van der Waals surface area (Å²) in [6.45, 7) is 2.49. The number of hydrogen-bond donors (Lipinski definition) is 0. The van der Waals surface area contributed by atoms with Gasteiger partial charge in [0.1, 0.15) is 0 Å². The highest BCUT2D eigenvalue weighted by Crippen LogP contribution is 2.14. The van der Waals surface area contributed by atoms with Crippen LogP contribution < -0.4 is 0 Å². The summed E-state index contributed by atoms with van der Waals surface area (Å²) in [5.41, 5.74) is 0. The zero-order chi connectivity index (χ0) is 9.84. The van der Waals surface area contributed by atoms with Crippen molar-refractivity contribution >= 4 is 5.91 Å². The van der Waals surface area contributed by atoms with Crippen molar-refractivity contribution in [2.75, 3.05) is 19.8 Å². The number of halogens is 2. The topological polar surface area (TPSA) is 29.5 Å². The number of morpholine rings is 1. The van der Waals surface area contributed by atoms with Crippen LogP contribution in [-0.4, -0.2) is 43.0 Å². The Hall–Kier alpha value is -0.710. The molecule has 0 radical (unpaired) electrons. The summed E-state index contributed by atoms with van der Waals surface area (Å²) >= 11 is 0. The number of ether oxygens (including phenoxy) is 1. The molecule has 1 aliphatic rings. The first-order valence-electron chi connectivity index (χ1n) is 4.24. The molecule has 0 spiro atoms. The Kier molecular flexibility index (Phi) is 3.59. The van der Waals surface area contributed by atoms with Crippen LogP contribution in [0.2, 0.25) is 0 Å². The monoisotopic (exact) mass is 193 g/mol. The second-order valence-corrected chi connectivity index (χ2v) is 3.07.